The van der Waals surface area contributed by atoms with Gasteiger partial charge >= 0.3 is 5.97 Å². The van der Waals surface area contributed by atoms with Gasteiger partial charge in [0.1, 0.15) is 6.07 Å². The molecule has 0 aliphatic heterocycles. The lowest BCUT2D eigenvalue weighted by Crippen LogP contribution is -2.11. The number of pyridine rings is 1. The van der Waals surface area contributed by atoms with Crippen molar-refractivity contribution in [3.05, 3.63) is 59.5 Å². The zero-order chi connectivity index (χ0) is 18.0. The molecule has 0 aliphatic carbocycles. The van der Waals surface area contributed by atoms with Crippen LogP contribution in [0.5, 0.6) is 5.75 Å². The number of nitriles is 1. The van der Waals surface area contributed by atoms with Gasteiger partial charge in [0, 0.05) is 11.6 Å². The Hall–Kier alpha value is -3.33. The number of aromatic hydroxyl groups is 1. The van der Waals surface area contributed by atoms with Crippen LogP contribution in [0, 0.1) is 11.3 Å². The summed E-state index contributed by atoms with van der Waals surface area (Å²) < 4.78 is 6.77. The first-order valence-corrected chi connectivity index (χ1v) is 7.94. The molecule has 0 fully saturated rings. The van der Waals surface area contributed by atoms with Crippen molar-refractivity contribution < 1.29 is 14.6 Å². The second-order valence-corrected chi connectivity index (χ2v) is 5.56. The average molecular weight is 335 g/mol. The van der Waals surface area contributed by atoms with Gasteiger partial charge in [-0.05, 0) is 25.5 Å². The van der Waals surface area contributed by atoms with Gasteiger partial charge in [0.25, 0.3) is 0 Å². The number of carbonyl (C=O) groups excluding carboxylic acids is 1. The molecule has 126 valence electrons. The molecular formula is C19H17N3O3. The number of benzene rings is 1. The minimum atomic E-state index is -0.748. The van der Waals surface area contributed by atoms with E-state index in [1.54, 1.807) is 19.2 Å². The summed E-state index contributed by atoms with van der Waals surface area (Å²) in [7, 11) is 0. The number of ether oxygens (including phenoxy) is 1. The summed E-state index contributed by atoms with van der Waals surface area (Å²) in [4.78, 5) is 16.0. The molecule has 0 saturated carbocycles. The molecule has 3 aromatic rings. The van der Waals surface area contributed by atoms with Crippen LogP contribution in [0.25, 0.3) is 10.9 Å². The zero-order valence-electron chi connectivity index (χ0n) is 13.9. The largest absolute Gasteiger partial charge is 0.505 e. The highest BCUT2D eigenvalue weighted by atomic mass is 16.5. The van der Waals surface area contributed by atoms with Gasteiger partial charge in [-0.15, -0.1) is 0 Å². The summed E-state index contributed by atoms with van der Waals surface area (Å²) in [5.74, 6) is -1.02. The molecule has 0 aliphatic rings. The van der Waals surface area contributed by atoms with Crippen molar-refractivity contribution in [1.29, 1.82) is 5.26 Å². The summed E-state index contributed by atoms with van der Waals surface area (Å²) in [6, 6.07) is 13.4. The van der Waals surface area contributed by atoms with Gasteiger partial charge in [-0.1, -0.05) is 30.3 Å². The summed E-state index contributed by atoms with van der Waals surface area (Å²) in [6.45, 7) is 3.81. The van der Waals surface area contributed by atoms with Crippen molar-refractivity contribution in [2.45, 2.75) is 19.9 Å². The first-order chi connectivity index (χ1) is 12.1. The van der Waals surface area contributed by atoms with Crippen LogP contribution < -0.4 is 0 Å². The van der Waals surface area contributed by atoms with Crippen molar-refractivity contribution >= 4 is 16.9 Å². The van der Waals surface area contributed by atoms with Crippen LogP contribution in [0.3, 0.4) is 0 Å². The summed E-state index contributed by atoms with van der Waals surface area (Å²) in [6.07, 6.45) is 1.78. The Morgan fingerprint density at radius 1 is 1.36 bits per heavy atom. The van der Waals surface area contributed by atoms with E-state index in [0.717, 1.165) is 5.56 Å². The van der Waals surface area contributed by atoms with E-state index in [1.165, 1.54) is 0 Å². The highest BCUT2D eigenvalue weighted by Gasteiger charge is 2.23. The molecule has 1 unspecified atom stereocenters. The van der Waals surface area contributed by atoms with Gasteiger partial charge in [0.15, 0.2) is 17.1 Å². The topological polar surface area (TPSA) is 88.1 Å². The Morgan fingerprint density at radius 3 is 2.72 bits per heavy atom. The number of hydrogen-bond acceptors (Lipinski definition) is 5. The Morgan fingerprint density at radius 2 is 2.08 bits per heavy atom. The normalized spacial score (nSPS) is 11.9. The molecule has 0 spiro atoms. The fraction of sp³-hybridized carbons (Fsp3) is 0.211. The van der Waals surface area contributed by atoms with E-state index in [-0.39, 0.29) is 29.8 Å². The van der Waals surface area contributed by atoms with Crippen LogP contribution >= 0.6 is 0 Å². The number of carbonyl (C=O) groups is 1. The lowest BCUT2D eigenvalue weighted by atomic mass is 10.1. The highest BCUT2D eigenvalue weighted by Crippen LogP contribution is 2.33. The lowest BCUT2D eigenvalue weighted by Gasteiger charge is -2.16. The Balaban J connectivity index is 2.20. The van der Waals surface area contributed by atoms with Crippen molar-refractivity contribution in [3.63, 3.8) is 0 Å². The van der Waals surface area contributed by atoms with Crippen molar-refractivity contribution in [2.75, 3.05) is 6.61 Å². The van der Waals surface area contributed by atoms with Crippen LogP contribution in [0.15, 0.2) is 42.6 Å². The molecule has 0 radical (unpaired) electrons. The average Bonchev–Trinajstić information content (AvgIpc) is 3.08. The van der Waals surface area contributed by atoms with E-state index >= 15 is 0 Å². The third-order valence-corrected chi connectivity index (χ3v) is 4.12. The molecule has 1 aromatic carbocycles. The van der Waals surface area contributed by atoms with E-state index in [2.05, 4.69) is 4.98 Å². The monoisotopic (exact) mass is 335 g/mol. The molecular weight excluding hydrogens is 318 g/mol. The number of nitrogens with zero attached hydrogens (tertiary/aromatic N) is 3. The Kier molecular flexibility index (Phi) is 4.40. The van der Waals surface area contributed by atoms with E-state index in [1.807, 2.05) is 47.9 Å². The SMILES string of the molecule is CCOC(=O)c1nc(C#N)c2c(ccn2C(C)c2ccccc2)c1O. The minimum Gasteiger partial charge on any atom is -0.505 e. The van der Waals surface area contributed by atoms with E-state index in [9.17, 15) is 15.2 Å². The Bertz CT molecular complexity index is 971. The molecule has 0 saturated heterocycles. The number of esters is 1. The third kappa shape index (κ3) is 2.81. The maximum atomic E-state index is 12.0. The fourth-order valence-electron chi connectivity index (χ4n) is 2.87. The molecule has 0 amide bonds. The summed E-state index contributed by atoms with van der Waals surface area (Å²) >= 11 is 0. The molecule has 1 N–H and O–H groups in total. The van der Waals surface area contributed by atoms with Gasteiger partial charge < -0.3 is 14.4 Å². The van der Waals surface area contributed by atoms with Crippen LogP contribution in [0.4, 0.5) is 0 Å². The number of fused-ring (bicyclic) bond motifs is 1. The number of hydrogen-bond donors (Lipinski definition) is 1. The van der Waals surface area contributed by atoms with Crippen LogP contribution in [-0.4, -0.2) is 27.2 Å². The number of rotatable bonds is 4. The van der Waals surface area contributed by atoms with Gasteiger partial charge in [0.05, 0.1) is 18.2 Å². The molecule has 6 heteroatoms. The van der Waals surface area contributed by atoms with Gasteiger partial charge in [-0.25, -0.2) is 9.78 Å². The van der Waals surface area contributed by atoms with Crippen molar-refractivity contribution in [1.82, 2.24) is 9.55 Å². The van der Waals surface area contributed by atoms with E-state index in [4.69, 9.17) is 4.74 Å². The number of aromatic nitrogens is 2. The van der Waals surface area contributed by atoms with E-state index in [0.29, 0.717) is 10.9 Å². The van der Waals surface area contributed by atoms with Gasteiger partial charge in [-0.2, -0.15) is 5.26 Å². The standard InChI is InChI=1S/C19H17N3O3/c1-3-25-19(24)16-18(23)14-9-10-22(17(14)15(11-20)21-16)12(2)13-7-5-4-6-8-13/h4-10,12,23H,3H2,1-2H3. The molecule has 6 nitrogen and oxygen atoms in total. The van der Waals surface area contributed by atoms with Crippen LogP contribution in [-0.2, 0) is 4.74 Å². The second kappa shape index (κ2) is 6.65. The maximum Gasteiger partial charge on any atom is 0.360 e. The quantitative estimate of drug-likeness (QED) is 0.738. The molecule has 3 rings (SSSR count). The maximum absolute atomic E-state index is 12.0. The second-order valence-electron chi connectivity index (χ2n) is 5.56. The molecule has 25 heavy (non-hydrogen) atoms. The van der Waals surface area contributed by atoms with Crippen LogP contribution in [0.2, 0.25) is 0 Å². The zero-order valence-corrected chi connectivity index (χ0v) is 13.9. The lowest BCUT2D eigenvalue weighted by molar-refractivity contribution is 0.0516. The van der Waals surface area contributed by atoms with Crippen LogP contribution in [0.1, 0.15) is 41.6 Å². The minimum absolute atomic E-state index is 0.0690. The molecule has 2 aromatic heterocycles. The smallest absolute Gasteiger partial charge is 0.360 e. The predicted molar refractivity (Wildman–Crippen MR) is 92.3 cm³/mol. The molecule has 1 atom stereocenters. The summed E-state index contributed by atoms with van der Waals surface area (Å²) in [5, 5.41) is 20.3. The van der Waals surface area contributed by atoms with Gasteiger partial charge in [0.2, 0.25) is 0 Å². The van der Waals surface area contributed by atoms with Gasteiger partial charge in [-0.3, -0.25) is 0 Å². The summed E-state index contributed by atoms with van der Waals surface area (Å²) in [5.41, 5.74) is 1.38. The first-order valence-electron chi connectivity index (χ1n) is 7.94. The van der Waals surface area contributed by atoms with E-state index < -0.39 is 5.97 Å². The molecule has 2 heterocycles. The highest BCUT2D eigenvalue weighted by molar-refractivity contribution is 6.00. The third-order valence-electron chi connectivity index (χ3n) is 4.12. The van der Waals surface area contributed by atoms with Crippen molar-refractivity contribution in [2.24, 2.45) is 0 Å². The fourth-order valence-corrected chi connectivity index (χ4v) is 2.87. The Labute approximate surface area is 144 Å². The first kappa shape index (κ1) is 16.5. The molecule has 0 bridgehead atoms. The predicted octanol–water partition coefficient (Wildman–Crippen LogP) is 3.40. The van der Waals surface area contributed by atoms with Crippen molar-refractivity contribution in [3.8, 4) is 11.8 Å².